The maximum Gasteiger partial charge on any atom is 0.331 e. The molecule has 31 nitrogen and oxygen atoms in total. The molecule has 0 saturated carbocycles. The zero-order chi connectivity index (χ0) is 64.3. The van der Waals surface area contributed by atoms with Crippen molar-refractivity contribution in [3.05, 3.63) is 107 Å². The lowest BCUT2D eigenvalue weighted by Gasteiger charge is -2.43. The number of ether oxygens (including phenoxy) is 12. The van der Waals surface area contributed by atoms with Gasteiger partial charge in [-0.15, -0.1) is 0 Å². The number of rotatable bonds is 19. The van der Waals surface area contributed by atoms with E-state index in [4.69, 9.17) is 52.1 Å². The molecule has 5 heterocycles. The summed E-state index contributed by atoms with van der Waals surface area (Å²) in [6, 6.07) is 14.2. The average molecular weight is 1260 g/mol. The van der Waals surface area contributed by atoms with Crippen LogP contribution in [0.25, 0.3) is 18.2 Å². The lowest BCUT2D eigenvalue weighted by Crippen LogP contribution is -2.61. The van der Waals surface area contributed by atoms with Crippen molar-refractivity contribution in [3.63, 3.8) is 0 Å². The molecule has 4 aromatic rings. The smallest absolute Gasteiger partial charge is 0.331 e. The van der Waals surface area contributed by atoms with Crippen LogP contribution < -0.4 is 14.2 Å². The zero-order valence-corrected chi connectivity index (χ0v) is 46.8. The number of hydrogen-bond donors (Lipinski definition) is 17. The average Bonchev–Trinajstić information content (AvgIpc) is 0.919. The maximum absolute atomic E-state index is 13.1. The van der Waals surface area contributed by atoms with Crippen LogP contribution in [0.5, 0.6) is 51.7 Å². The third kappa shape index (κ3) is 14.7. The van der Waals surface area contributed by atoms with E-state index >= 15 is 0 Å². The van der Waals surface area contributed by atoms with Crippen LogP contribution in [0.4, 0.5) is 0 Å². The van der Waals surface area contributed by atoms with Crippen molar-refractivity contribution in [2.75, 3.05) is 26.9 Å². The Morgan fingerprint density at radius 1 is 0.551 bits per heavy atom. The van der Waals surface area contributed by atoms with E-state index in [0.29, 0.717) is 11.1 Å². The minimum absolute atomic E-state index is 0.0135. The molecule has 0 amide bonds. The number of esters is 2. The van der Waals surface area contributed by atoms with Crippen LogP contribution >= 0.6 is 0 Å². The number of aliphatic hydroxyl groups is 13. The highest BCUT2D eigenvalue weighted by Crippen LogP contribution is 2.49. The standard InChI is InChI=1S/C58H66O31/c1-22-53(89-40(65)12-6-23-3-8-27(9-4-23)82-56-49(74)46(71)43(68)37(87-56)20-79-39(64)11-7-24-5-10-29(61)30(62)13-24)48(73)52(77)55(81-22)80-21-38-44(69)47(72)51(76)58(88-38)85-35-18-28-32(83-54(35)25-14-31(63)41(66)34(15-25)78-2)16-26(60)17-33(28)84-57-50(75)45(70)42(67)36(19-59)86-57/h3-18,22,36-38,42-63,66-77H,19-21H2,1-2H3/p+1/b11-7+,12-6+/t22-,36-,37-,38-,42+,43+,44+,45+,46+,47-,48+,49-,50-,51+,52+,53+,54?,55-,56-,57-,58-/m1/s1. The Hall–Kier alpha value is -7.64. The molecule has 5 aliphatic rings. The van der Waals surface area contributed by atoms with Gasteiger partial charge in [0.2, 0.25) is 24.6 Å². The van der Waals surface area contributed by atoms with Crippen molar-refractivity contribution in [1.29, 1.82) is 0 Å². The first-order valence-electron chi connectivity index (χ1n) is 27.4. The normalized spacial score (nSPS) is 33.8. The minimum atomic E-state index is -2.04. The van der Waals surface area contributed by atoms with Gasteiger partial charge in [0.15, 0.2) is 41.2 Å². The molecule has 484 valence electrons. The van der Waals surface area contributed by atoms with Crippen LogP contribution in [-0.4, -0.2) is 253 Å². The summed E-state index contributed by atoms with van der Waals surface area (Å²) < 4.78 is 66.8. The molecule has 4 saturated heterocycles. The molecule has 1 unspecified atom stereocenters. The molecular formula is C58H67O31+. The highest BCUT2D eigenvalue weighted by Gasteiger charge is 2.51. The Balaban J connectivity index is 0.809. The Morgan fingerprint density at radius 2 is 1.12 bits per heavy atom. The predicted molar refractivity (Wildman–Crippen MR) is 294 cm³/mol. The topological polar surface area (TPSA) is 492 Å². The molecule has 0 bridgehead atoms. The fourth-order valence-electron chi connectivity index (χ4n) is 10.0. The molecule has 0 aliphatic carbocycles. The molecule has 31 heteroatoms. The van der Waals surface area contributed by atoms with Gasteiger partial charge in [0.25, 0.3) is 11.9 Å². The number of fused-ring (bicyclic) bond motifs is 1. The van der Waals surface area contributed by atoms with Crippen molar-refractivity contribution < 1.29 is 153 Å². The number of carbonyl (C=O) groups excluding carboxylic acids is 2. The summed E-state index contributed by atoms with van der Waals surface area (Å²) in [5, 5.41) is 180. The van der Waals surface area contributed by atoms with E-state index in [2.05, 4.69) is 4.74 Å². The minimum Gasteiger partial charge on any atom is -0.571 e. The first-order chi connectivity index (χ1) is 42.3. The van der Waals surface area contributed by atoms with Crippen LogP contribution in [0.2, 0.25) is 0 Å². The fourth-order valence-corrected chi connectivity index (χ4v) is 10.0. The van der Waals surface area contributed by atoms with Gasteiger partial charge in [0, 0.05) is 24.3 Å². The number of aromatic hydroxyl groups is 6. The quantitative estimate of drug-likeness (QED) is 0.0194. The third-order valence-electron chi connectivity index (χ3n) is 15.0. The Labute approximate surface area is 503 Å². The van der Waals surface area contributed by atoms with Crippen LogP contribution in [0.1, 0.15) is 35.3 Å². The number of benzene rings is 4. The highest BCUT2D eigenvalue weighted by molar-refractivity contribution is 5.88. The van der Waals surface area contributed by atoms with Crippen LogP contribution in [0, 0.1) is 0 Å². The van der Waals surface area contributed by atoms with Gasteiger partial charge in [-0.2, -0.15) is 0 Å². The number of phenolic OH excluding ortho intramolecular Hbond substituents is 5. The lowest BCUT2D eigenvalue weighted by atomic mass is 9.97. The third-order valence-corrected chi connectivity index (χ3v) is 15.0. The number of methoxy groups -OCH3 is 1. The van der Waals surface area contributed by atoms with E-state index in [1.807, 2.05) is 0 Å². The van der Waals surface area contributed by atoms with E-state index in [-0.39, 0.29) is 45.6 Å². The summed E-state index contributed by atoms with van der Waals surface area (Å²) in [7, 11) is 1.20. The molecule has 0 spiro atoms. The number of aliphatic hydroxyl groups excluding tert-OH is 12. The van der Waals surface area contributed by atoms with Crippen molar-refractivity contribution in [1.82, 2.24) is 0 Å². The molecule has 5 aliphatic heterocycles. The van der Waals surface area contributed by atoms with Gasteiger partial charge in [0.1, 0.15) is 115 Å². The van der Waals surface area contributed by atoms with Crippen molar-refractivity contribution in [3.8, 4) is 51.7 Å². The second-order valence-electron chi connectivity index (χ2n) is 21.2. The number of carbonyl (C=O) groups is 2. The Morgan fingerprint density at radius 3 is 1.76 bits per heavy atom. The maximum atomic E-state index is 13.1. The summed E-state index contributed by atoms with van der Waals surface area (Å²) >= 11 is 0. The van der Waals surface area contributed by atoms with Gasteiger partial charge in [-0.1, -0.05) is 18.2 Å². The molecule has 89 heavy (non-hydrogen) atoms. The Bertz CT molecular complexity index is 3210. The van der Waals surface area contributed by atoms with E-state index < -0.39 is 184 Å². The van der Waals surface area contributed by atoms with Crippen LogP contribution in [0.15, 0.2) is 84.6 Å². The summed E-state index contributed by atoms with van der Waals surface area (Å²) in [5.41, 5.74) is 0.806. The summed E-state index contributed by atoms with van der Waals surface area (Å²) in [6.45, 7) is -0.714. The van der Waals surface area contributed by atoms with Gasteiger partial charge >= 0.3 is 11.9 Å². The van der Waals surface area contributed by atoms with Crippen molar-refractivity contribution >= 4 is 30.2 Å². The van der Waals surface area contributed by atoms with Crippen molar-refractivity contribution in [2.45, 2.75) is 136 Å². The monoisotopic (exact) mass is 1260 g/mol. The first kappa shape index (κ1) is 65.8. The first-order valence-corrected chi connectivity index (χ1v) is 27.4. The SMILES string of the molecule is COc1cc(C2[OH+]c3cc(O)cc(O[C@@H]4O[C@H](CO)[C@H](O)[C@H](O)[C@H]4O)c3C=C2O[C@@H]2O[C@H](CO[C@@H]3O[C@H](C)[C@H](OC(=O)/C=C/c4ccc(O[C@@H]5O[C@H](COC(=O)/C=C/c6ccc(O)c(O)c6)[C@H](O)[C@H](O)[C@H]5O)cc4)[C@@H](O)[C@@H]3O)[C@H](O)[C@@H](O)[C@@H]2O)cc(O)c1O. The van der Waals surface area contributed by atoms with Gasteiger partial charge < -0.3 is 144 Å². The Kier molecular flexibility index (Phi) is 20.7. The molecule has 21 atom stereocenters. The largest absolute Gasteiger partial charge is 0.571 e. The number of phenols is 5. The molecule has 9 rings (SSSR count). The van der Waals surface area contributed by atoms with Gasteiger partial charge in [0.05, 0.1) is 38.1 Å². The molecule has 18 N–H and O–H groups in total. The van der Waals surface area contributed by atoms with Gasteiger partial charge in [-0.25, -0.2) is 9.59 Å². The molecule has 4 aromatic carbocycles. The van der Waals surface area contributed by atoms with Crippen LogP contribution in [0.3, 0.4) is 0 Å². The van der Waals surface area contributed by atoms with Gasteiger partial charge in [-0.05, 0) is 66.6 Å². The van der Waals surface area contributed by atoms with E-state index in [9.17, 15) is 96.4 Å². The van der Waals surface area contributed by atoms with Crippen LogP contribution in [-0.2, 0) is 47.5 Å². The van der Waals surface area contributed by atoms with E-state index in [1.54, 1.807) is 0 Å². The molecule has 4 fully saturated rings. The molecular weight excluding hydrogens is 1190 g/mol. The van der Waals surface area contributed by atoms with Crippen molar-refractivity contribution in [2.24, 2.45) is 0 Å². The molecule has 0 aromatic heterocycles. The predicted octanol–water partition coefficient (Wildman–Crippen LogP) is -2.89. The second-order valence-corrected chi connectivity index (χ2v) is 21.2. The fraction of sp³-hybridized carbons (Fsp3) is 0.448. The van der Waals surface area contributed by atoms with E-state index in [1.165, 1.54) is 86.9 Å². The lowest BCUT2D eigenvalue weighted by molar-refractivity contribution is -0.325. The number of hydrogen-bond acceptors (Lipinski definition) is 30. The van der Waals surface area contributed by atoms with E-state index in [0.717, 1.165) is 24.3 Å². The van der Waals surface area contributed by atoms with Gasteiger partial charge in [-0.3, -0.25) is 0 Å². The molecule has 0 radical (unpaired) electrons. The highest BCUT2D eigenvalue weighted by atomic mass is 16.7. The second kappa shape index (κ2) is 28.0. The summed E-state index contributed by atoms with van der Waals surface area (Å²) in [4.78, 5) is 25.4. The zero-order valence-electron chi connectivity index (χ0n) is 46.8. The summed E-state index contributed by atoms with van der Waals surface area (Å²) in [6.07, 6.45) is -29.9. The summed E-state index contributed by atoms with van der Waals surface area (Å²) in [5.74, 6) is -5.13.